The second-order valence-corrected chi connectivity index (χ2v) is 7.37. The van der Waals surface area contributed by atoms with E-state index in [1.165, 1.54) is 22.5 Å². The summed E-state index contributed by atoms with van der Waals surface area (Å²) in [5.74, 6) is -0.483. The number of thiophene rings is 1. The first-order valence-corrected chi connectivity index (χ1v) is 8.98. The topological polar surface area (TPSA) is 82.0 Å². The van der Waals surface area contributed by atoms with Crippen LogP contribution in [0.3, 0.4) is 0 Å². The number of nitrogens with zero attached hydrogens (tertiary/aromatic N) is 1. The summed E-state index contributed by atoms with van der Waals surface area (Å²) in [6.45, 7) is 2.07. The van der Waals surface area contributed by atoms with Crippen molar-refractivity contribution < 1.29 is 4.79 Å². The first-order chi connectivity index (χ1) is 11.6. The van der Waals surface area contributed by atoms with Gasteiger partial charge in [0.25, 0.3) is 5.91 Å². The van der Waals surface area contributed by atoms with Crippen molar-refractivity contribution in [2.24, 2.45) is 5.73 Å². The van der Waals surface area contributed by atoms with Gasteiger partial charge in [0.2, 0.25) is 0 Å². The third-order valence-electron chi connectivity index (χ3n) is 4.72. The molecule has 1 aliphatic rings. The highest BCUT2D eigenvalue weighted by Crippen LogP contribution is 2.43. The number of carbonyl (C=O) groups excluding carboxylic acids is 1. The number of carbonyl (C=O) groups is 1. The summed E-state index contributed by atoms with van der Waals surface area (Å²) in [5.41, 5.74) is 18.2. The minimum Gasteiger partial charge on any atom is -0.397 e. The maximum atomic E-state index is 11.7. The Labute approximate surface area is 144 Å². The molecule has 0 atom stereocenters. The van der Waals surface area contributed by atoms with E-state index in [9.17, 15) is 4.79 Å². The largest absolute Gasteiger partial charge is 0.397 e. The predicted molar refractivity (Wildman–Crippen MR) is 99.4 cm³/mol. The van der Waals surface area contributed by atoms with Gasteiger partial charge in [0.15, 0.2) is 0 Å². The number of hydrogen-bond donors (Lipinski definition) is 2. The summed E-state index contributed by atoms with van der Waals surface area (Å²) in [6.07, 6.45) is 4.30. The van der Waals surface area contributed by atoms with E-state index in [1.54, 1.807) is 0 Å². The Bertz CT molecular complexity index is 957. The van der Waals surface area contributed by atoms with Crippen molar-refractivity contribution >= 4 is 33.1 Å². The van der Waals surface area contributed by atoms with Crippen molar-refractivity contribution in [1.82, 2.24) is 4.98 Å². The number of benzene rings is 1. The molecular formula is C19H19N3OS. The normalized spacial score (nSPS) is 13.9. The molecule has 0 unspecified atom stereocenters. The molecule has 1 amide bonds. The first kappa shape index (κ1) is 15.1. The Morgan fingerprint density at radius 2 is 1.88 bits per heavy atom. The second-order valence-electron chi connectivity index (χ2n) is 6.37. The monoisotopic (exact) mass is 337 g/mol. The Morgan fingerprint density at radius 3 is 2.58 bits per heavy atom. The second kappa shape index (κ2) is 5.60. The maximum Gasteiger partial charge on any atom is 0.260 e. The maximum absolute atomic E-state index is 11.7. The van der Waals surface area contributed by atoms with Gasteiger partial charge in [0, 0.05) is 11.1 Å². The van der Waals surface area contributed by atoms with Crippen LogP contribution in [0.5, 0.6) is 0 Å². The zero-order valence-corrected chi connectivity index (χ0v) is 14.4. The van der Waals surface area contributed by atoms with Crippen molar-refractivity contribution in [3.63, 3.8) is 0 Å². The zero-order chi connectivity index (χ0) is 16.8. The van der Waals surface area contributed by atoms with Crippen LogP contribution in [0.15, 0.2) is 24.3 Å². The van der Waals surface area contributed by atoms with E-state index in [2.05, 4.69) is 31.2 Å². The molecular weight excluding hydrogens is 318 g/mol. The summed E-state index contributed by atoms with van der Waals surface area (Å²) in [5, 5.41) is 0.887. The smallest absolute Gasteiger partial charge is 0.260 e. The fourth-order valence-corrected chi connectivity index (χ4v) is 4.50. The van der Waals surface area contributed by atoms with E-state index >= 15 is 0 Å². The number of anilines is 1. The fraction of sp³-hybridized carbons (Fsp3) is 0.263. The van der Waals surface area contributed by atoms with Gasteiger partial charge in [-0.3, -0.25) is 4.79 Å². The van der Waals surface area contributed by atoms with E-state index in [-0.39, 0.29) is 0 Å². The van der Waals surface area contributed by atoms with Gasteiger partial charge < -0.3 is 11.5 Å². The lowest BCUT2D eigenvalue weighted by molar-refractivity contribution is 0.100. The Morgan fingerprint density at radius 1 is 1.17 bits per heavy atom. The molecule has 3 aromatic rings. The third kappa shape index (κ3) is 2.27. The summed E-state index contributed by atoms with van der Waals surface area (Å²) < 4.78 is 0. The SMILES string of the molecule is Cc1ccc(-c2c3c(nc4sc(C(N)=O)c(N)c24)CCCC3)cc1. The van der Waals surface area contributed by atoms with E-state index in [0.29, 0.717) is 10.6 Å². The molecule has 24 heavy (non-hydrogen) atoms. The molecule has 2 aromatic heterocycles. The Hall–Kier alpha value is -2.40. The highest BCUT2D eigenvalue weighted by molar-refractivity contribution is 7.21. The molecule has 0 saturated carbocycles. The van der Waals surface area contributed by atoms with Crippen molar-refractivity contribution in [2.45, 2.75) is 32.6 Å². The number of aryl methyl sites for hydroxylation is 2. The van der Waals surface area contributed by atoms with Gasteiger partial charge in [-0.1, -0.05) is 29.8 Å². The number of nitrogens with two attached hydrogens (primary N) is 2. The van der Waals surface area contributed by atoms with Gasteiger partial charge in [-0.25, -0.2) is 4.98 Å². The number of fused-ring (bicyclic) bond motifs is 2. The summed E-state index contributed by atoms with van der Waals surface area (Å²) in [7, 11) is 0. The standard InChI is InChI=1S/C19H19N3OS/c1-10-6-8-11(9-7-10)14-12-4-2-3-5-13(12)22-19-15(14)16(20)17(24-19)18(21)23/h6-9H,2-5,20H2,1H3,(H2,21,23). The third-order valence-corrected chi connectivity index (χ3v) is 5.83. The molecule has 1 aliphatic carbocycles. The van der Waals surface area contributed by atoms with E-state index in [4.69, 9.17) is 16.5 Å². The number of hydrogen-bond acceptors (Lipinski definition) is 4. The molecule has 4 nitrogen and oxygen atoms in total. The lowest BCUT2D eigenvalue weighted by atomic mass is 9.87. The van der Waals surface area contributed by atoms with Gasteiger partial charge in [-0.2, -0.15) is 0 Å². The van der Waals surface area contributed by atoms with Crippen molar-refractivity contribution in [2.75, 3.05) is 5.73 Å². The average molecular weight is 337 g/mol. The van der Waals surface area contributed by atoms with Gasteiger partial charge >= 0.3 is 0 Å². The van der Waals surface area contributed by atoms with Crippen LogP contribution >= 0.6 is 11.3 Å². The first-order valence-electron chi connectivity index (χ1n) is 8.17. The van der Waals surface area contributed by atoms with Crippen LogP contribution in [0.1, 0.15) is 39.3 Å². The minimum atomic E-state index is -0.483. The van der Waals surface area contributed by atoms with Gasteiger partial charge in [0.1, 0.15) is 9.71 Å². The molecule has 0 bridgehead atoms. The van der Waals surface area contributed by atoms with Crippen LogP contribution in [0, 0.1) is 6.92 Å². The van der Waals surface area contributed by atoms with Crippen LogP contribution in [0.25, 0.3) is 21.3 Å². The minimum absolute atomic E-state index is 0.410. The molecule has 122 valence electrons. The van der Waals surface area contributed by atoms with Gasteiger partial charge in [-0.15, -0.1) is 11.3 Å². The molecule has 0 saturated heterocycles. The molecule has 4 rings (SSSR count). The lowest BCUT2D eigenvalue weighted by Crippen LogP contribution is -2.11. The van der Waals surface area contributed by atoms with Crippen molar-refractivity contribution in [3.05, 3.63) is 46.0 Å². The molecule has 1 aromatic carbocycles. The average Bonchev–Trinajstić information content (AvgIpc) is 2.90. The Kier molecular flexibility index (Phi) is 3.53. The predicted octanol–water partition coefficient (Wildman–Crippen LogP) is 3.83. The quantitative estimate of drug-likeness (QED) is 0.745. The zero-order valence-electron chi connectivity index (χ0n) is 13.6. The molecule has 0 radical (unpaired) electrons. The number of amides is 1. The summed E-state index contributed by atoms with van der Waals surface area (Å²) in [6, 6.07) is 8.46. The fourth-order valence-electron chi connectivity index (χ4n) is 3.53. The van der Waals surface area contributed by atoms with E-state index < -0.39 is 5.91 Å². The number of rotatable bonds is 2. The van der Waals surface area contributed by atoms with Crippen LogP contribution in [-0.2, 0) is 12.8 Å². The number of aromatic nitrogens is 1. The highest BCUT2D eigenvalue weighted by atomic mass is 32.1. The molecule has 4 N–H and O–H groups in total. The number of primary amides is 1. The van der Waals surface area contributed by atoms with Crippen LogP contribution in [-0.4, -0.2) is 10.9 Å². The van der Waals surface area contributed by atoms with E-state index in [0.717, 1.165) is 52.7 Å². The Balaban J connectivity index is 2.11. The van der Waals surface area contributed by atoms with Gasteiger partial charge in [-0.05, 0) is 49.3 Å². The number of pyridine rings is 1. The van der Waals surface area contributed by atoms with Crippen LogP contribution in [0.4, 0.5) is 5.69 Å². The number of nitrogen functional groups attached to an aromatic ring is 1. The summed E-state index contributed by atoms with van der Waals surface area (Å²) in [4.78, 5) is 17.8. The van der Waals surface area contributed by atoms with Crippen LogP contribution < -0.4 is 11.5 Å². The lowest BCUT2D eigenvalue weighted by Gasteiger charge is -2.20. The van der Waals surface area contributed by atoms with Gasteiger partial charge in [0.05, 0.1) is 5.69 Å². The molecule has 2 heterocycles. The molecule has 5 heteroatoms. The van der Waals surface area contributed by atoms with Crippen molar-refractivity contribution in [1.29, 1.82) is 0 Å². The summed E-state index contributed by atoms with van der Waals surface area (Å²) >= 11 is 1.31. The molecule has 0 fully saturated rings. The molecule has 0 aliphatic heterocycles. The highest BCUT2D eigenvalue weighted by Gasteiger charge is 2.24. The van der Waals surface area contributed by atoms with Crippen molar-refractivity contribution in [3.8, 4) is 11.1 Å². The molecule has 0 spiro atoms. The van der Waals surface area contributed by atoms with Crippen LogP contribution in [0.2, 0.25) is 0 Å². The van der Waals surface area contributed by atoms with E-state index in [1.807, 2.05) is 0 Å².